The highest BCUT2D eigenvalue weighted by molar-refractivity contribution is 6.02. The van der Waals surface area contributed by atoms with Crippen molar-refractivity contribution in [3.05, 3.63) is 59.6 Å². The van der Waals surface area contributed by atoms with E-state index >= 15 is 0 Å². The molecule has 0 radical (unpaired) electrons. The number of carbonyl (C=O) groups is 1. The highest BCUT2D eigenvalue weighted by atomic mass is 16.5. The zero-order chi connectivity index (χ0) is 21.5. The van der Waals surface area contributed by atoms with Gasteiger partial charge in [0, 0.05) is 26.3 Å². The summed E-state index contributed by atoms with van der Waals surface area (Å²) < 4.78 is 10.6. The van der Waals surface area contributed by atoms with Gasteiger partial charge in [0.2, 0.25) is 5.89 Å². The minimum atomic E-state index is -0.340. The molecule has 2 aromatic heterocycles. The fraction of sp³-hybridized carbons (Fsp3) is 0.348. The molecule has 0 unspecified atom stereocenters. The van der Waals surface area contributed by atoms with E-state index in [0.717, 1.165) is 36.3 Å². The van der Waals surface area contributed by atoms with Crippen LogP contribution in [0, 0.1) is 6.92 Å². The lowest BCUT2D eigenvalue weighted by molar-refractivity contribution is 0.102. The average Bonchev–Trinajstić information content (AvgIpc) is 3.23. The number of nitrogens with one attached hydrogen (secondary N) is 1. The van der Waals surface area contributed by atoms with Crippen LogP contribution in [0.5, 0.6) is 0 Å². The van der Waals surface area contributed by atoms with Crippen LogP contribution in [-0.2, 0) is 11.2 Å². The summed E-state index contributed by atoms with van der Waals surface area (Å²) in [5.41, 5.74) is 4.06. The number of rotatable bonds is 9. The molecule has 0 aliphatic carbocycles. The molecule has 0 aliphatic rings. The lowest BCUT2D eigenvalue weighted by Crippen LogP contribution is -2.23. The number of likely N-dealkylation sites (N-methyl/N-ethyl adjacent to an activating group) is 1. The number of carbonyl (C=O) groups excluding carboxylic acids is 1. The largest absolute Gasteiger partial charge is 0.444 e. The predicted octanol–water partition coefficient (Wildman–Crippen LogP) is 4.33. The van der Waals surface area contributed by atoms with Gasteiger partial charge >= 0.3 is 0 Å². The SMILES string of the molecule is CCCc1ccc(-c2nc(C(=O)Nc3ccc(N(C)CCOC)nc3)co2)c(C)c1. The molecule has 0 saturated carbocycles. The summed E-state index contributed by atoms with van der Waals surface area (Å²) in [5, 5.41) is 2.81. The van der Waals surface area contributed by atoms with Crippen LogP contribution in [0.25, 0.3) is 11.5 Å². The van der Waals surface area contributed by atoms with Gasteiger partial charge in [0.1, 0.15) is 12.1 Å². The van der Waals surface area contributed by atoms with Crippen LogP contribution in [0.2, 0.25) is 0 Å². The first-order valence-electron chi connectivity index (χ1n) is 10.0. The fourth-order valence-electron chi connectivity index (χ4n) is 3.14. The van der Waals surface area contributed by atoms with Gasteiger partial charge in [-0.2, -0.15) is 0 Å². The van der Waals surface area contributed by atoms with Gasteiger partial charge in [-0.15, -0.1) is 0 Å². The van der Waals surface area contributed by atoms with Crippen LogP contribution < -0.4 is 10.2 Å². The highest BCUT2D eigenvalue weighted by Crippen LogP contribution is 2.24. The third kappa shape index (κ3) is 5.24. The number of aryl methyl sites for hydroxylation is 2. The number of oxazole rings is 1. The lowest BCUT2D eigenvalue weighted by atomic mass is 10.0. The summed E-state index contributed by atoms with van der Waals surface area (Å²) in [6, 6.07) is 9.87. The van der Waals surface area contributed by atoms with Crippen molar-refractivity contribution >= 4 is 17.4 Å². The van der Waals surface area contributed by atoms with Gasteiger partial charge in [0.05, 0.1) is 18.5 Å². The van der Waals surface area contributed by atoms with Crippen molar-refractivity contribution in [1.29, 1.82) is 0 Å². The van der Waals surface area contributed by atoms with Crippen molar-refractivity contribution < 1.29 is 13.9 Å². The van der Waals surface area contributed by atoms with Crippen molar-refractivity contribution in [2.24, 2.45) is 0 Å². The minimum Gasteiger partial charge on any atom is -0.444 e. The number of ether oxygens (including phenoxy) is 1. The molecule has 0 aliphatic heterocycles. The molecule has 2 heterocycles. The van der Waals surface area contributed by atoms with Crippen LogP contribution in [0.15, 0.2) is 47.2 Å². The lowest BCUT2D eigenvalue weighted by Gasteiger charge is -2.17. The second-order valence-corrected chi connectivity index (χ2v) is 7.21. The van der Waals surface area contributed by atoms with E-state index in [4.69, 9.17) is 9.15 Å². The van der Waals surface area contributed by atoms with E-state index in [0.29, 0.717) is 18.2 Å². The normalized spacial score (nSPS) is 10.8. The molecule has 1 aromatic carbocycles. The standard InChI is InChI=1S/C23H28N4O3/c1-5-6-17-7-9-19(16(2)13-17)23-26-20(15-30-23)22(28)25-18-8-10-21(24-14-18)27(3)11-12-29-4/h7-10,13-15H,5-6,11-12H2,1-4H3,(H,25,28). The maximum atomic E-state index is 12.6. The Labute approximate surface area is 177 Å². The van der Waals surface area contributed by atoms with Crippen LogP contribution in [0.3, 0.4) is 0 Å². The van der Waals surface area contributed by atoms with E-state index in [1.165, 1.54) is 11.8 Å². The van der Waals surface area contributed by atoms with Gasteiger partial charge in [0.15, 0.2) is 5.69 Å². The molecule has 0 atom stereocenters. The molecule has 1 amide bonds. The van der Waals surface area contributed by atoms with Crippen molar-refractivity contribution in [1.82, 2.24) is 9.97 Å². The summed E-state index contributed by atoms with van der Waals surface area (Å²) in [5.74, 6) is 0.900. The van der Waals surface area contributed by atoms with Gasteiger partial charge < -0.3 is 19.4 Å². The summed E-state index contributed by atoms with van der Waals surface area (Å²) in [6.45, 7) is 5.53. The Morgan fingerprint density at radius 3 is 2.77 bits per heavy atom. The van der Waals surface area contributed by atoms with E-state index < -0.39 is 0 Å². The number of pyridine rings is 1. The molecular formula is C23H28N4O3. The maximum Gasteiger partial charge on any atom is 0.277 e. The second kappa shape index (κ2) is 10.0. The molecule has 7 heteroatoms. The molecule has 1 N–H and O–H groups in total. The Balaban J connectivity index is 1.67. The van der Waals surface area contributed by atoms with E-state index in [1.807, 2.05) is 31.0 Å². The molecule has 0 bridgehead atoms. The third-order valence-electron chi connectivity index (χ3n) is 4.82. The third-order valence-corrected chi connectivity index (χ3v) is 4.82. The number of methoxy groups -OCH3 is 1. The Hall–Kier alpha value is -3.19. The molecule has 0 fully saturated rings. The van der Waals surface area contributed by atoms with E-state index in [2.05, 4.69) is 34.3 Å². The van der Waals surface area contributed by atoms with Gasteiger partial charge in [-0.05, 0) is 42.7 Å². The molecule has 0 saturated heterocycles. The first-order valence-corrected chi connectivity index (χ1v) is 10.0. The Bertz CT molecular complexity index is 982. The summed E-state index contributed by atoms with van der Waals surface area (Å²) in [4.78, 5) is 23.3. The maximum absolute atomic E-state index is 12.6. The predicted molar refractivity (Wildman–Crippen MR) is 118 cm³/mol. The van der Waals surface area contributed by atoms with Crippen LogP contribution in [0.1, 0.15) is 35.0 Å². The van der Waals surface area contributed by atoms with Crippen LogP contribution in [0.4, 0.5) is 11.5 Å². The van der Waals surface area contributed by atoms with E-state index in [1.54, 1.807) is 19.4 Å². The molecular weight excluding hydrogens is 380 g/mol. The molecule has 30 heavy (non-hydrogen) atoms. The summed E-state index contributed by atoms with van der Waals surface area (Å²) >= 11 is 0. The highest BCUT2D eigenvalue weighted by Gasteiger charge is 2.15. The van der Waals surface area contributed by atoms with Crippen LogP contribution in [-0.4, -0.2) is 43.2 Å². The Morgan fingerprint density at radius 2 is 2.10 bits per heavy atom. The number of hydrogen-bond acceptors (Lipinski definition) is 6. The van der Waals surface area contributed by atoms with Gasteiger partial charge in [-0.1, -0.05) is 25.5 Å². The van der Waals surface area contributed by atoms with Crippen molar-refractivity contribution in [3.8, 4) is 11.5 Å². The van der Waals surface area contributed by atoms with Crippen LogP contribution >= 0.6 is 0 Å². The van der Waals surface area contributed by atoms with Gasteiger partial charge in [-0.25, -0.2) is 9.97 Å². The quantitative estimate of drug-likeness (QED) is 0.568. The number of anilines is 2. The molecule has 158 valence electrons. The Kier molecular flexibility index (Phi) is 7.19. The summed E-state index contributed by atoms with van der Waals surface area (Å²) in [6.07, 6.45) is 5.13. The zero-order valence-corrected chi connectivity index (χ0v) is 17.9. The fourth-order valence-corrected chi connectivity index (χ4v) is 3.14. The van der Waals surface area contributed by atoms with Crippen molar-refractivity contribution in [3.63, 3.8) is 0 Å². The topological polar surface area (TPSA) is 80.5 Å². The second-order valence-electron chi connectivity index (χ2n) is 7.21. The molecule has 0 spiro atoms. The number of hydrogen-bond donors (Lipinski definition) is 1. The van der Waals surface area contributed by atoms with Crippen molar-refractivity contribution in [2.75, 3.05) is 37.5 Å². The van der Waals surface area contributed by atoms with Gasteiger partial charge in [0.25, 0.3) is 5.91 Å². The molecule has 3 rings (SSSR count). The number of aromatic nitrogens is 2. The van der Waals surface area contributed by atoms with Crippen molar-refractivity contribution in [2.45, 2.75) is 26.7 Å². The number of nitrogens with zero attached hydrogens (tertiary/aromatic N) is 3. The first kappa shape index (κ1) is 21.5. The zero-order valence-electron chi connectivity index (χ0n) is 17.9. The van der Waals surface area contributed by atoms with Gasteiger partial charge in [-0.3, -0.25) is 4.79 Å². The van der Waals surface area contributed by atoms with E-state index in [9.17, 15) is 4.79 Å². The number of amides is 1. The molecule has 3 aromatic rings. The first-order chi connectivity index (χ1) is 14.5. The summed E-state index contributed by atoms with van der Waals surface area (Å²) in [7, 11) is 3.60. The average molecular weight is 409 g/mol. The monoisotopic (exact) mass is 408 g/mol. The minimum absolute atomic E-state index is 0.225. The van der Waals surface area contributed by atoms with E-state index in [-0.39, 0.29) is 11.6 Å². The Morgan fingerprint density at radius 1 is 1.27 bits per heavy atom. The molecule has 7 nitrogen and oxygen atoms in total. The smallest absolute Gasteiger partial charge is 0.277 e. The number of benzene rings is 1.